The molecule has 1 aliphatic heterocycles. The predicted octanol–water partition coefficient (Wildman–Crippen LogP) is 7.86. The van der Waals surface area contributed by atoms with Gasteiger partial charge >= 0.3 is 0 Å². The molecule has 0 aromatic heterocycles. The maximum Gasteiger partial charge on any atom is 0.293 e. The number of aryl methyl sites for hydroxylation is 1. The van der Waals surface area contributed by atoms with E-state index in [1.807, 2.05) is 6.92 Å². The molecule has 0 spiro atoms. The van der Waals surface area contributed by atoms with Gasteiger partial charge in [-0.3, -0.25) is 19.3 Å². The van der Waals surface area contributed by atoms with Crippen LogP contribution < -0.4 is 10.1 Å². The Morgan fingerprint density at radius 2 is 1.73 bits per heavy atom. The van der Waals surface area contributed by atoms with E-state index in [2.05, 4.69) is 5.32 Å². The van der Waals surface area contributed by atoms with E-state index in [-0.39, 0.29) is 18.1 Å². The van der Waals surface area contributed by atoms with Gasteiger partial charge < -0.3 is 10.1 Å². The molecule has 1 fully saturated rings. The van der Waals surface area contributed by atoms with Crippen molar-refractivity contribution < 1.29 is 19.1 Å². The summed E-state index contributed by atoms with van der Waals surface area (Å²) in [5.41, 5.74) is 2.33. The molecule has 3 aromatic rings. The van der Waals surface area contributed by atoms with E-state index in [1.165, 1.54) is 6.08 Å². The van der Waals surface area contributed by atoms with Crippen molar-refractivity contribution in [1.29, 1.82) is 0 Å². The summed E-state index contributed by atoms with van der Waals surface area (Å²) in [5.74, 6) is -0.605. The van der Waals surface area contributed by atoms with E-state index >= 15 is 0 Å². The van der Waals surface area contributed by atoms with Crippen molar-refractivity contribution in [3.63, 3.8) is 0 Å². The van der Waals surface area contributed by atoms with Crippen molar-refractivity contribution >= 4 is 87.0 Å². The number of nitrogens with one attached hydrogen (secondary N) is 1. The number of hydrogen-bond donors (Lipinski definition) is 1. The fraction of sp³-hybridized carbons (Fsp3) is 0.115. The van der Waals surface area contributed by atoms with Crippen LogP contribution in [0.1, 0.15) is 16.7 Å². The first-order chi connectivity index (χ1) is 17.6. The molecule has 0 aliphatic carbocycles. The number of hydrogen-bond acceptors (Lipinski definition) is 5. The van der Waals surface area contributed by atoms with Gasteiger partial charge in [-0.2, -0.15) is 0 Å². The van der Waals surface area contributed by atoms with Crippen LogP contribution in [0.4, 0.5) is 10.5 Å². The molecule has 1 aliphatic rings. The Balaban J connectivity index is 1.49. The lowest BCUT2D eigenvalue weighted by molar-refractivity contribution is -0.123. The van der Waals surface area contributed by atoms with Gasteiger partial charge in [0.15, 0.2) is 6.61 Å². The molecule has 0 unspecified atom stereocenters. The average Bonchev–Trinajstić information content (AvgIpc) is 3.10. The van der Waals surface area contributed by atoms with Crippen LogP contribution in [0.25, 0.3) is 6.08 Å². The van der Waals surface area contributed by atoms with Crippen LogP contribution in [0.5, 0.6) is 5.75 Å². The Kier molecular flexibility index (Phi) is 8.72. The van der Waals surface area contributed by atoms with Crippen molar-refractivity contribution in [3.05, 3.63) is 96.3 Å². The first-order valence-electron chi connectivity index (χ1n) is 10.8. The molecule has 1 saturated heterocycles. The molecule has 1 heterocycles. The van der Waals surface area contributed by atoms with Gasteiger partial charge in [-0.1, -0.05) is 58.5 Å². The minimum absolute atomic E-state index is 0.0669. The highest BCUT2D eigenvalue weighted by molar-refractivity contribution is 8.18. The highest BCUT2D eigenvalue weighted by Crippen LogP contribution is 2.37. The number of carbonyl (C=O) groups is 3. The summed E-state index contributed by atoms with van der Waals surface area (Å²) in [7, 11) is 0. The molecule has 11 heteroatoms. The molecule has 3 amide bonds. The normalized spacial score (nSPS) is 14.4. The fourth-order valence-corrected chi connectivity index (χ4v) is 5.10. The lowest BCUT2D eigenvalue weighted by atomic mass is 10.1. The number of anilines is 1. The van der Waals surface area contributed by atoms with Crippen molar-refractivity contribution in [2.75, 3.05) is 11.9 Å². The Hall–Kier alpha value is -2.68. The zero-order valence-corrected chi connectivity index (χ0v) is 23.0. The Bertz CT molecular complexity index is 1420. The number of ether oxygens (including phenoxy) is 1. The summed E-state index contributed by atoms with van der Waals surface area (Å²) in [5, 5.41) is 3.88. The van der Waals surface area contributed by atoms with Gasteiger partial charge in [0.1, 0.15) is 5.75 Å². The van der Waals surface area contributed by atoms with Crippen molar-refractivity contribution in [3.8, 4) is 5.75 Å². The lowest BCUT2D eigenvalue weighted by Gasteiger charge is -2.15. The number of rotatable bonds is 7. The molecule has 4 rings (SSSR count). The van der Waals surface area contributed by atoms with Crippen LogP contribution >= 0.6 is 58.2 Å². The van der Waals surface area contributed by atoms with Crippen LogP contribution in [0.3, 0.4) is 0 Å². The second-order valence-electron chi connectivity index (χ2n) is 7.95. The van der Waals surface area contributed by atoms with Crippen LogP contribution in [0.2, 0.25) is 20.1 Å². The SMILES string of the molecule is Cc1ccc(NC(=O)COc2ccc(Cl)cc2/C=C2\SC(=O)N(Cc3c(Cl)cccc3Cl)C2=O)cc1Cl. The zero-order valence-electron chi connectivity index (χ0n) is 19.2. The van der Waals surface area contributed by atoms with Gasteiger partial charge in [0.2, 0.25) is 0 Å². The third kappa shape index (κ3) is 6.61. The largest absolute Gasteiger partial charge is 0.483 e. The third-order valence-electron chi connectivity index (χ3n) is 5.32. The Morgan fingerprint density at radius 3 is 2.43 bits per heavy atom. The smallest absolute Gasteiger partial charge is 0.293 e. The first-order valence-corrected chi connectivity index (χ1v) is 13.1. The Labute approximate surface area is 237 Å². The number of imide groups is 1. The van der Waals surface area contributed by atoms with Crippen molar-refractivity contribution in [2.45, 2.75) is 13.5 Å². The molecule has 1 N–H and O–H groups in total. The van der Waals surface area contributed by atoms with E-state index in [1.54, 1.807) is 54.6 Å². The predicted molar refractivity (Wildman–Crippen MR) is 150 cm³/mol. The van der Waals surface area contributed by atoms with Gasteiger partial charge in [-0.25, -0.2) is 0 Å². The lowest BCUT2D eigenvalue weighted by Crippen LogP contribution is -2.27. The van der Waals surface area contributed by atoms with E-state index in [0.29, 0.717) is 42.7 Å². The van der Waals surface area contributed by atoms with Gasteiger partial charge in [0.25, 0.3) is 17.1 Å². The van der Waals surface area contributed by atoms with Crippen LogP contribution in [0, 0.1) is 6.92 Å². The second kappa shape index (κ2) is 11.8. The second-order valence-corrected chi connectivity index (χ2v) is 10.6. The highest BCUT2D eigenvalue weighted by Gasteiger charge is 2.36. The summed E-state index contributed by atoms with van der Waals surface area (Å²) in [6.45, 7) is 1.49. The van der Waals surface area contributed by atoms with Crippen molar-refractivity contribution in [2.24, 2.45) is 0 Å². The number of nitrogens with zero attached hydrogens (tertiary/aromatic N) is 1. The van der Waals surface area contributed by atoms with E-state index in [0.717, 1.165) is 22.2 Å². The summed E-state index contributed by atoms with van der Waals surface area (Å²) in [4.78, 5) is 39.3. The molecule has 6 nitrogen and oxygen atoms in total. The number of benzene rings is 3. The fourth-order valence-electron chi connectivity index (χ4n) is 3.39. The minimum atomic E-state index is -0.508. The molecule has 0 bridgehead atoms. The topological polar surface area (TPSA) is 75.7 Å². The van der Waals surface area contributed by atoms with Crippen LogP contribution in [-0.2, 0) is 16.1 Å². The van der Waals surface area contributed by atoms with Gasteiger partial charge in [-0.05, 0) is 72.8 Å². The van der Waals surface area contributed by atoms with Gasteiger partial charge in [-0.15, -0.1) is 0 Å². The quantitative estimate of drug-likeness (QED) is 0.281. The summed E-state index contributed by atoms with van der Waals surface area (Å²) in [6.07, 6.45) is 1.50. The summed E-state index contributed by atoms with van der Waals surface area (Å²) in [6, 6.07) is 14.9. The molecular formula is C26H18Cl4N2O4S. The first kappa shape index (κ1) is 27.4. The minimum Gasteiger partial charge on any atom is -0.483 e. The maximum atomic E-state index is 13.0. The van der Waals surface area contributed by atoms with Gasteiger partial charge in [0.05, 0.1) is 11.4 Å². The highest BCUT2D eigenvalue weighted by atomic mass is 35.5. The summed E-state index contributed by atoms with van der Waals surface area (Å²) < 4.78 is 5.70. The van der Waals surface area contributed by atoms with Gasteiger partial charge in [0, 0.05) is 36.9 Å². The molecule has 0 radical (unpaired) electrons. The number of halogens is 4. The van der Waals surface area contributed by atoms with E-state index < -0.39 is 17.1 Å². The average molecular weight is 596 g/mol. The molecule has 0 saturated carbocycles. The molecule has 3 aromatic carbocycles. The van der Waals surface area contributed by atoms with Crippen LogP contribution in [0.15, 0.2) is 59.5 Å². The maximum absolute atomic E-state index is 13.0. The number of amides is 3. The summed E-state index contributed by atoms with van der Waals surface area (Å²) >= 11 is 25.5. The monoisotopic (exact) mass is 594 g/mol. The number of carbonyl (C=O) groups excluding carboxylic acids is 3. The third-order valence-corrected chi connectivity index (χ3v) is 7.58. The Morgan fingerprint density at radius 1 is 1.00 bits per heavy atom. The molecular weight excluding hydrogens is 578 g/mol. The van der Waals surface area contributed by atoms with Crippen LogP contribution in [-0.4, -0.2) is 28.6 Å². The van der Waals surface area contributed by atoms with E-state index in [4.69, 9.17) is 51.1 Å². The zero-order chi connectivity index (χ0) is 26.7. The van der Waals surface area contributed by atoms with E-state index in [9.17, 15) is 14.4 Å². The molecule has 0 atom stereocenters. The molecule has 190 valence electrons. The van der Waals surface area contributed by atoms with Crippen molar-refractivity contribution in [1.82, 2.24) is 4.90 Å². The standard InChI is InChI=1S/C26H18Cl4N2O4S/c1-14-5-7-17(11-21(14)30)31-24(33)13-36-22-8-6-16(27)9-15(22)10-23-25(34)32(26(35)37-23)12-18-19(28)3-2-4-20(18)29/h2-11H,12-13H2,1H3,(H,31,33)/b23-10-. The number of thioether (sulfide) groups is 1. The molecule has 37 heavy (non-hydrogen) atoms.